The molecular formula is C20H27N7O. The molecule has 0 bridgehead atoms. The highest BCUT2D eigenvalue weighted by Crippen LogP contribution is 2.20. The normalized spacial score (nSPS) is 16.3. The molecule has 28 heavy (non-hydrogen) atoms. The van der Waals surface area contributed by atoms with Crippen LogP contribution in [0.3, 0.4) is 0 Å². The van der Waals surface area contributed by atoms with Gasteiger partial charge in [-0.2, -0.15) is 9.61 Å². The van der Waals surface area contributed by atoms with Crippen LogP contribution >= 0.6 is 0 Å². The Morgan fingerprint density at radius 3 is 2.68 bits per heavy atom. The topological polar surface area (TPSA) is 81.2 Å². The quantitative estimate of drug-likeness (QED) is 0.673. The van der Waals surface area contributed by atoms with Gasteiger partial charge in [0.1, 0.15) is 0 Å². The molecule has 0 unspecified atom stereocenters. The molecule has 0 aliphatic carbocycles. The van der Waals surface area contributed by atoms with E-state index >= 15 is 0 Å². The molecule has 0 radical (unpaired) electrons. The van der Waals surface area contributed by atoms with Crippen LogP contribution < -0.4 is 5.56 Å². The van der Waals surface area contributed by atoms with E-state index in [1.165, 1.54) is 0 Å². The highest BCUT2D eigenvalue weighted by Gasteiger charge is 2.22. The maximum Gasteiger partial charge on any atom is 0.253 e. The average molecular weight is 381 g/mol. The molecule has 3 aromatic heterocycles. The fourth-order valence-electron chi connectivity index (χ4n) is 3.72. The van der Waals surface area contributed by atoms with Gasteiger partial charge in [-0.15, -0.1) is 10.2 Å². The monoisotopic (exact) mass is 381 g/mol. The minimum Gasteiger partial charge on any atom is -0.299 e. The van der Waals surface area contributed by atoms with Crippen molar-refractivity contribution in [3.05, 3.63) is 52.1 Å². The average Bonchev–Trinajstić information content (AvgIpc) is 3.06. The lowest BCUT2D eigenvalue weighted by atomic mass is 9.96. The van der Waals surface area contributed by atoms with Crippen molar-refractivity contribution in [3.63, 3.8) is 0 Å². The van der Waals surface area contributed by atoms with Crippen LogP contribution in [-0.4, -0.2) is 47.4 Å². The second kappa shape index (κ2) is 7.79. The zero-order valence-electron chi connectivity index (χ0n) is 16.7. The number of aromatic nitrogens is 6. The molecule has 0 saturated carbocycles. The number of piperidine rings is 1. The molecule has 0 N–H and O–H groups in total. The molecule has 148 valence electrons. The summed E-state index contributed by atoms with van der Waals surface area (Å²) in [4.78, 5) is 19.2. The van der Waals surface area contributed by atoms with Gasteiger partial charge in [-0.1, -0.05) is 13.8 Å². The number of likely N-dealkylation sites (tertiary alicyclic amines) is 1. The van der Waals surface area contributed by atoms with E-state index in [4.69, 9.17) is 0 Å². The van der Waals surface area contributed by atoms with Crippen LogP contribution in [0.1, 0.15) is 49.8 Å². The van der Waals surface area contributed by atoms with Crippen molar-refractivity contribution in [2.75, 3.05) is 13.1 Å². The van der Waals surface area contributed by atoms with Crippen molar-refractivity contribution >= 4 is 5.65 Å². The Labute approximate surface area is 164 Å². The molecule has 1 aliphatic rings. The summed E-state index contributed by atoms with van der Waals surface area (Å²) in [5.74, 6) is 1.65. The van der Waals surface area contributed by atoms with Crippen LogP contribution in [0.15, 0.2) is 29.3 Å². The summed E-state index contributed by atoms with van der Waals surface area (Å²) in [6.45, 7) is 9.53. The standard InChI is InChI=1S/C20H27N7O/c1-14(2)17-10-20(28)26(13-21-17)11-16-6-8-25(9-7-16)12-19-23-22-18-5-4-15(3)24-27(18)19/h4-5,10,13-14,16H,6-9,11-12H2,1-3H3. The molecule has 4 rings (SSSR count). The Balaban J connectivity index is 1.36. The van der Waals surface area contributed by atoms with E-state index in [1.807, 2.05) is 23.6 Å². The Morgan fingerprint density at radius 1 is 1.18 bits per heavy atom. The fourth-order valence-corrected chi connectivity index (χ4v) is 3.72. The number of hydrogen-bond donors (Lipinski definition) is 0. The summed E-state index contributed by atoms with van der Waals surface area (Å²) >= 11 is 0. The molecule has 8 nitrogen and oxygen atoms in total. The maximum atomic E-state index is 12.3. The number of aryl methyl sites for hydroxylation is 1. The van der Waals surface area contributed by atoms with E-state index in [1.54, 1.807) is 17.0 Å². The Kier molecular flexibility index (Phi) is 5.21. The SMILES string of the molecule is Cc1ccc2nnc(CN3CCC(Cn4cnc(C(C)C)cc4=O)CC3)n2n1. The first-order chi connectivity index (χ1) is 13.5. The van der Waals surface area contributed by atoms with Gasteiger partial charge in [0.15, 0.2) is 11.5 Å². The molecule has 0 spiro atoms. The van der Waals surface area contributed by atoms with E-state index in [-0.39, 0.29) is 11.5 Å². The third kappa shape index (κ3) is 3.96. The number of fused-ring (bicyclic) bond motifs is 1. The smallest absolute Gasteiger partial charge is 0.253 e. The third-order valence-electron chi connectivity index (χ3n) is 5.48. The van der Waals surface area contributed by atoms with Crippen molar-refractivity contribution in [1.82, 2.24) is 34.3 Å². The highest BCUT2D eigenvalue weighted by molar-refractivity contribution is 5.35. The fraction of sp³-hybridized carbons (Fsp3) is 0.550. The Morgan fingerprint density at radius 2 is 1.96 bits per heavy atom. The van der Waals surface area contributed by atoms with Gasteiger partial charge in [0.25, 0.3) is 5.56 Å². The predicted octanol–water partition coefficient (Wildman–Crippen LogP) is 2.03. The largest absolute Gasteiger partial charge is 0.299 e. The van der Waals surface area contributed by atoms with Gasteiger partial charge in [-0.05, 0) is 56.8 Å². The summed E-state index contributed by atoms with van der Waals surface area (Å²) in [6.07, 6.45) is 3.82. The van der Waals surface area contributed by atoms with Crippen LogP contribution in [-0.2, 0) is 13.1 Å². The number of rotatable bonds is 5. The van der Waals surface area contributed by atoms with Crippen molar-refractivity contribution < 1.29 is 0 Å². The summed E-state index contributed by atoms with van der Waals surface area (Å²) in [5, 5.41) is 13.0. The summed E-state index contributed by atoms with van der Waals surface area (Å²) in [7, 11) is 0. The summed E-state index contributed by atoms with van der Waals surface area (Å²) < 4.78 is 3.59. The second-order valence-corrected chi connectivity index (χ2v) is 8.04. The molecule has 4 heterocycles. The molecule has 1 aliphatic heterocycles. The predicted molar refractivity (Wildman–Crippen MR) is 106 cm³/mol. The zero-order chi connectivity index (χ0) is 19.7. The summed E-state index contributed by atoms with van der Waals surface area (Å²) in [5.41, 5.74) is 2.65. The van der Waals surface area contributed by atoms with Gasteiger partial charge in [0.05, 0.1) is 24.3 Å². The van der Waals surface area contributed by atoms with E-state index in [0.29, 0.717) is 5.92 Å². The lowest BCUT2D eigenvalue weighted by Gasteiger charge is -2.31. The molecule has 0 aromatic carbocycles. The minimum absolute atomic E-state index is 0.0532. The van der Waals surface area contributed by atoms with Crippen LogP contribution in [0.4, 0.5) is 0 Å². The number of hydrogen-bond acceptors (Lipinski definition) is 6. The molecule has 1 saturated heterocycles. The molecule has 1 fully saturated rings. The molecule has 0 atom stereocenters. The first-order valence-electron chi connectivity index (χ1n) is 9.96. The first-order valence-corrected chi connectivity index (χ1v) is 9.96. The molecule has 3 aromatic rings. The molecule has 8 heteroatoms. The lowest BCUT2D eigenvalue weighted by Crippen LogP contribution is -2.36. The van der Waals surface area contributed by atoms with Crippen molar-refractivity contribution in [2.45, 2.75) is 52.6 Å². The Hall–Kier alpha value is -2.61. The minimum atomic E-state index is 0.0532. The van der Waals surface area contributed by atoms with Gasteiger partial charge < -0.3 is 0 Å². The van der Waals surface area contributed by atoms with Gasteiger partial charge in [-0.3, -0.25) is 14.3 Å². The third-order valence-corrected chi connectivity index (χ3v) is 5.48. The van der Waals surface area contributed by atoms with Gasteiger partial charge in [0, 0.05) is 12.6 Å². The van der Waals surface area contributed by atoms with E-state index in [9.17, 15) is 4.79 Å². The lowest BCUT2D eigenvalue weighted by molar-refractivity contribution is 0.162. The second-order valence-electron chi connectivity index (χ2n) is 8.04. The van der Waals surface area contributed by atoms with Gasteiger partial charge >= 0.3 is 0 Å². The van der Waals surface area contributed by atoms with Gasteiger partial charge in [-0.25, -0.2) is 4.98 Å². The van der Waals surface area contributed by atoms with E-state index in [0.717, 1.165) is 61.9 Å². The van der Waals surface area contributed by atoms with Crippen LogP contribution in [0.2, 0.25) is 0 Å². The number of nitrogens with zero attached hydrogens (tertiary/aromatic N) is 7. The highest BCUT2D eigenvalue weighted by atomic mass is 16.1. The molecular weight excluding hydrogens is 354 g/mol. The first kappa shape index (κ1) is 18.7. The Bertz CT molecular complexity index is 1010. The van der Waals surface area contributed by atoms with Crippen molar-refractivity contribution in [2.24, 2.45) is 5.92 Å². The van der Waals surface area contributed by atoms with Gasteiger partial charge in [0.2, 0.25) is 0 Å². The maximum absolute atomic E-state index is 12.3. The van der Waals surface area contributed by atoms with E-state index in [2.05, 4.69) is 39.0 Å². The van der Waals surface area contributed by atoms with Crippen LogP contribution in [0.5, 0.6) is 0 Å². The molecule has 0 amide bonds. The summed E-state index contributed by atoms with van der Waals surface area (Å²) in [6, 6.07) is 5.57. The van der Waals surface area contributed by atoms with E-state index < -0.39 is 0 Å². The van der Waals surface area contributed by atoms with Crippen LogP contribution in [0, 0.1) is 12.8 Å². The zero-order valence-corrected chi connectivity index (χ0v) is 16.7. The van der Waals surface area contributed by atoms with Crippen molar-refractivity contribution in [3.8, 4) is 0 Å². The van der Waals surface area contributed by atoms with Crippen LogP contribution in [0.25, 0.3) is 5.65 Å². The van der Waals surface area contributed by atoms with Crippen molar-refractivity contribution in [1.29, 1.82) is 0 Å².